The van der Waals surface area contributed by atoms with Crippen LogP contribution in [0.4, 0.5) is 0 Å². The summed E-state index contributed by atoms with van der Waals surface area (Å²) in [5.41, 5.74) is 7.93. The lowest BCUT2D eigenvalue weighted by molar-refractivity contribution is -0.00000439. The topological polar surface area (TPSA) is 64.9 Å². The molecule has 0 radical (unpaired) electrons. The number of thioether (sulfide) groups is 1. The highest BCUT2D eigenvalue weighted by Crippen LogP contribution is 2.21. The molecule has 98 valence electrons. The molecule has 2 aromatic rings. The van der Waals surface area contributed by atoms with E-state index in [4.69, 9.17) is 10.2 Å². The molecule has 0 bridgehead atoms. The molecule has 0 unspecified atom stereocenters. The van der Waals surface area contributed by atoms with Crippen LogP contribution in [0, 0.1) is 6.92 Å². The summed E-state index contributed by atoms with van der Waals surface area (Å²) >= 11 is 1.54. The fourth-order valence-electron chi connectivity index (χ4n) is 1.35. The van der Waals surface area contributed by atoms with E-state index in [-0.39, 0.29) is 12.4 Å². The third kappa shape index (κ3) is 4.33. The molecule has 1 aromatic carbocycles. The summed E-state index contributed by atoms with van der Waals surface area (Å²) in [5.74, 6) is 1.45. The van der Waals surface area contributed by atoms with Crippen LogP contribution in [0.3, 0.4) is 0 Å². The smallest absolute Gasteiger partial charge is 0.276 e. The predicted octanol–water partition coefficient (Wildman–Crippen LogP) is -0.824. The van der Waals surface area contributed by atoms with Crippen molar-refractivity contribution in [2.75, 3.05) is 6.54 Å². The largest absolute Gasteiger partial charge is 1.00 e. The molecule has 0 atom stereocenters. The van der Waals surface area contributed by atoms with Gasteiger partial charge in [-0.05, 0) is 12.5 Å². The maximum absolute atomic E-state index is 5.43. The summed E-state index contributed by atoms with van der Waals surface area (Å²) in [6.45, 7) is 2.61. The molecule has 0 saturated carbocycles. The Morgan fingerprint density at radius 1 is 1.22 bits per heavy atom. The fourth-order valence-corrected chi connectivity index (χ4v) is 2.09. The Morgan fingerprint density at radius 2 is 1.94 bits per heavy atom. The van der Waals surface area contributed by atoms with Gasteiger partial charge in [-0.1, -0.05) is 41.6 Å². The zero-order valence-corrected chi connectivity index (χ0v) is 11.7. The maximum atomic E-state index is 5.43. The predicted molar refractivity (Wildman–Crippen MR) is 67.8 cm³/mol. The van der Waals surface area contributed by atoms with Gasteiger partial charge >= 0.3 is 0 Å². The zero-order chi connectivity index (χ0) is 12.1. The van der Waals surface area contributed by atoms with Gasteiger partial charge in [0.2, 0.25) is 5.89 Å². The first-order valence-corrected chi connectivity index (χ1v) is 6.47. The normalized spacial score (nSPS) is 10.1. The number of hydrogen-bond donors (Lipinski definition) is 1. The van der Waals surface area contributed by atoms with Gasteiger partial charge in [-0.2, -0.15) is 0 Å². The SMILES string of the molecule is Cc1ccc(CSc2nnc(CCN)o2)cc1.[Cl-]. The van der Waals surface area contributed by atoms with Crippen LogP contribution in [0.1, 0.15) is 17.0 Å². The van der Waals surface area contributed by atoms with Crippen LogP contribution in [0.2, 0.25) is 0 Å². The van der Waals surface area contributed by atoms with Crippen molar-refractivity contribution in [3.63, 3.8) is 0 Å². The summed E-state index contributed by atoms with van der Waals surface area (Å²) in [4.78, 5) is 0. The molecule has 1 aromatic heterocycles. The number of hydrogen-bond acceptors (Lipinski definition) is 5. The van der Waals surface area contributed by atoms with E-state index in [9.17, 15) is 0 Å². The molecule has 1 heterocycles. The van der Waals surface area contributed by atoms with Gasteiger partial charge in [0, 0.05) is 18.7 Å². The quantitative estimate of drug-likeness (QED) is 0.727. The van der Waals surface area contributed by atoms with Crippen molar-refractivity contribution < 1.29 is 16.8 Å². The standard InChI is InChI=1S/C12H15N3OS.ClH/c1-9-2-4-10(5-3-9)8-17-12-15-14-11(16-12)6-7-13;/h2-5H,6-8,13H2,1H3;1H/p-1. The minimum atomic E-state index is 0. The molecule has 0 fully saturated rings. The molecular formula is C12H15ClN3OS-. The minimum Gasteiger partial charge on any atom is -1.00 e. The van der Waals surface area contributed by atoms with E-state index in [0.29, 0.717) is 24.1 Å². The number of nitrogens with zero attached hydrogens (tertiary/aromatic N) is 2. The average Bonchev–Trinajstić information content (AvgIpc) is 2.77. The molecule has 4 nitrogen and oxygen atoms in total. The first-order valence-electron chi connectivity index (χ1n) is 5.48. The average molecular weight is 285 g/mol. The second kappa shape index (κ2) is 7.41. The zero-order valence-electron chi connectivity index (χ0n) is 10.1. The number of rotatable bonds is 5. The first-order chi connectivity index (χ1) is 8.28. The van der Waals surface area contributed by atoms with E-state index < -0.39 is 0 Å². The van der Waals surface area contributed by atoms with Gasteiger partial charge in [0.05, 0.1) is 0 Å². The van der Waals surface area contributed by atoms with Crippen molar-refractivity contribution in [3.05, 3.63) is 41.3 Å². The Bertz CT molecular complexity index is 472. The Balaban J connectivity index is 0.00000162. The number of halogens is 1. The highest BCUT2D eigenvalue weighted by molar-refractivity contribution is 7.98. The molecule has 0 amide bonds. The van der Waals surface area contributed by atoms with E-state index in [1.54, 1.807) is 11.8 Å². The van der Waals surface area contributed by atoms with Crippen molar-refractivity contribution in [2.24, 2.45) is 5.73 Å². The Labute approximate surface area is 117 Å². The molecule has 0 saturated heterocycles. The first kappa shape index (κ1) is 15.0. The highest BCUT2D eigenvalue weighted by atomic mass is 35.5. The second-order valence-electron chi connectivity index (χ2n) is 3.77. The Hall–Kier alpha value is -1.04. The van der Waals surface area contributed by atoms with E-state index in [0.717, 1.165) is 5.75 Å². The van der Waals surface area contributed by atoms with Crippen molar-refractivity contribution >= 4 is 11.8 Å². The van der Waals surface area contributed by atoms with Gasteiger partial charge in [-0.25, -0.2) is 0 Å². The number of benzene rings is 1. The molecule has 0 spiro atoms. The van der Waals surface area contributed by atoms with Crippen LogP contribution in [-0.4, -0.2) is 16.7 Å². The van der Waals surface area contributed by atoms with Gasteiger partial charge in [0.15, 0.2) is 0 Å². The van der Waals surface area contributed by atoms with Gasteiger partial charge in [0.25, 0.3) is 5.22 Å². The monoisotopic (exact) mass is 284 g/mol. The number of aryl methyl sites for hydroxylation is 1. The molecule has 0 aliphatic heterocycles. The third-order valence-electron chi connectivity index (χ3n) is 2.29. The molecule has 0 aliphatic carbocycles. The van der Waals surface area contributed by atoms with Crippen LogP contribution >= 0.6 is 11.8 Å². The summed E-state index contributed by atoms with van der Waals surface area (Å²) in [5, 5.41) is 8.48. The summed E-state index contributed by atoms with van der Waals surface area (Å²) in [6, 6.07) is 8.42. The van der Waals surface area contributed by atoms with Gasteiger partial charge < -0.3 is 22.6 Å². The third-order valence-corrected chi connectivity index (χ3v) is 3.18. The Morgan fingerprint density at radius 3 is 2.61 bits per heavy atom. The van der Waals surface area contributed by atoms with E-state index >= 15 is 0 Å². The molecule has 2 N–H and O–H groups in total. The maximum Gasteiger partial charge on any atom is 0.276 e. The van der Waals surface area contributed by atoms with Crippen molar-refractivity contribution in [1.82, 2.24) is 10.2 Å². The molecular weight excluding hydrogens is 270 g/mol. The minimum absolute atomic E-state index is 0. The molecule has 18 heavy (non-hydrogen) atoms. The lowest BCUT2D eigenvalue weighted by Gasteiger charge is -1.98. The molecule has 0 aliphatic rings. The lowest BCUT2D eigenvalue weighted by Crippen LogP contribution is -3.00. The number of nitrogens with two attached hydrogens (primary N) is 1. The summed E-state index contributed by atoms with van der Waals surface area (Å²) in [6.07, 6.45) is 0.637. The van der Waals surface area contributed by atoms with Crippen LogP contribution < -0.4 is 18.1 Å². The van der Waals surface area contributed by atoms with Crippen molar-refractivity contribution in [2.45, 2.75) is 24.3 Å². The number of aromatic nitrogens is 2. The molecule has 2 rings (SSSR count). The van der Waals surface area contributed by atoms with Gasteiger partial charge in [0.1, 0.15) is 0 Å². The fraction of sp³-hybridized carbons (Fsp3) is 0.333. The van der Waals surface area contributed by atoms with E-state index in [1.807, 2.05) is 0 Å². The lowest BCUT2D eigenvalue weighted by atomic mass is 10.2. The highest BCUT2D eigenvalue weighted by Gasteiger charge is 2.05. The summed E-state index contributed by atoms with van der Waals surface area (Å²) in [7, 11) is 0. The van der Waals surface area contributed by atoms with E-state index in [2.05, 4.69) is 41.4 Å². The summed E-state index contributed by atoms with van der Waals surface area (Å²) < 4.78 is 5.43. The van der Waals surface area contributed by atoms with Crippen molar-refractivity contribution in [1.29, 1.82) is 0 Å². The van der Waals surface area contributed by atoms with Crippen LogP contribution in [0.25, 0.3) is 0 Å². The van der Waals surface area contributed by atoms with Crippen LogP contribution in [0.15, 0.2) is 33.9 Å². The van der Waals surface area contributed by atoms with Crippen LogP contribution in [-0.2, 0) is 12.2 Å². The Kier molecular flexibility index (Phi) is 6.18. The molecule has 6 heteroatoms. The van der Waals surface area contributed by atoms with Gasteiger partial charge in [-0.3, -0.25) is 0 Å². The van der Waals surface area contributed by atoms with E-state index in [1.165, 1.54) is 11.1 Å². The van der Waals surface area contributed by atoms with Crippen LogP contribution in [0.5, 0.6) is 0 Å². The van der Waals surface area contributed by atoms with Crippen molar-refractivity contribution in [3.8, 4) is 0 Å². The van der Waals surface area contributed by atoms with Gasteiger partial charge in [-0.15, -0.1) is 10.2 Å². The second-order valence-corrected chi connectivity index (χ2v) is 4.70.